The summed E-state index contributed by atoms with van der Waals surface area (Å²) < 4.78 is 0. The van der Waals surface area contributed by atoms with Crippen LogP contribution in [-0.2, 0) is 0 Å². The molecule has 1 aromatic rings. The third-order valence-electron chi connectivity index (χ3n) is 3.32. The van der Waals surface area contributed by atoms with Crippen LogP contribution in [0.3, 0.4) is 0 Å². The van der Waals surface area contributed by atoms with Crippen LogP contribution in [0.2, 0.25) is 0 Å². The standard InChI is InChI=1S/C12H20N4/c1-9-8-14-11(13-3)15-10(9)16-12(2)6-4-5-7-12/h8H,4-7H2,1-3H3,(H2,13,14,15,16). The molecule has 88 valence electrons. The van der Waals surface area contributed by atoms with Gasteiger partial charge >= 0.3 is 0 Å². The van der Waals surface area contributed by atoms with E-state index in [-0.39, 0.29) is 5.54 Å². The number of hydrogen-bond donors (Lipinski definition) is 2. The lowest BCUT2D eigenvalue weighted by atomic mass is 10.0. The first-order chi connectivity index (χ1) is 7.63. The van der Waals surface area contributed by atoms with Gasteiger partial charge < -0.3 is 10.6 Å². The average molecular weight is 220 g/mol. The van der Waals surface area contributed by atoms with Gasteiger partial charge in [-0.1, -0.05) is 12.8 Å². The number of nitrogens with one attached hydrogen (secondary N) is 2. The largest absolute Gasteiger partial charge is 0.365 e. The molecule has 0 amide bonds. The topological polar surface area (TPSA) is 49.8 Å². The van der Waals surface area contributed by atoms with E-state index in [1.807, 2.05) is 20.2 Å². The summed E-state index contributed by atoms with van der Waals surface area (Å²) in [4.78, 5) is 8.66. The van der Waals surface area contributed by atoms with Crippen molar-refractivity contribution in [2.75, 3.05) is 17.7 Å². The summed E-state index contributed by atoms with van der Waals surface area (Å²) in [6.45, 7) is 4.32. The van der Waals surface area contributed by atoms with Gasteiger partial charge in [-0.15, -0.1) is 0 Å². The van der Waals surface area contributed by atoms with E-state index in [1.54, 1.807) is 0 Å². The molecule has 0 saturated heterocycles. The lowest BCUT2D eigenvalue weighted by Gasteiger charge is -2.26. The van der Waals surface area contributed by atoms with E-state index in [0.717, 1.165) is 11.4 Å². The Bertz CT molecular complexity index is 369. The molecule has 0 bridgehead atoms. The van der Waals surface area contributed by atoms with Gasteiger partial charge in [-0.2, -0.15) is 4.98 Å². The molecule has 1 saturated carbocycles. The van der Waals surface area contributed by atoms with Gasteiger partial charge in [0.1, 0.15) is 5.82 Å². The molecule has 1 aliphatic rings. The van der Waals surface area contributed by atoms with E-state index in [0.29, 0.717) is 5.95 Å². The second-order valence-corrected chi connectivity index (χ2v) is 4.87. The second-order valence-electron chi connectivity index (χ2n) is 4.87. The van der Waals surface area contributed by atoms with Gasteiger partial charge in [0.25, 0.3) is 0 Å². The van der Waals surface area contributed by atoms with Gasteiger partial charge in [-0.3, -0.25) is 0 Å². The second kappa shape index (κ2) is 4.28. The van der Waals surface area contributed by atoms with E-state index < -0.39 is 0 Å². The molecule has 4 nitrogen and oxygen atoms in total. The van der Waals surface area contributed by atoms with Crippen molar-refractivity contribution in [3.8, 4) is 0 Å². The van der Waals surface area contributed by atoms with Crippen LogP contribution < -0.4 is 10.6 Å². The monoisotopic (exact) mass is 220 g/mol. The lowest BCUT2D eigenvalue weighted by Crippen LogP contribution is -2.31. The van der Waals surface area contributed by atoms with E-state index in [4.69, 9.17) is 0 Å². The first kappa shape index (κ1) is 11.2. The normalized spacial score (nSPS) is 18.4. The fourth-order valence-electron chi connectivity index (χ4n) is 2.26. The van der Waals surface area contributed by atoms with Crippen LogP contribution in [0.15, 0.2) is 6.20 Å². The maximum absolute atomic E-state index is 4.47. The zero-order valence-electron chi connectivity index (χ0n) is 10.3. The van der Waals surface area contributed by atoms with Crippen molar-refractivity contribution in [1.29, 1.82) is 0 Å². The predicted molar refractivity (Wildman–Crippen MR) is 66.8 cm³/mol. The number of anilines is 2. The summed E-state index contributed by atoms with van der Waals surface area (Å²) in [5, 5.41) is 6.54. The Labute approximate surface area is 96.9 Å². The molecular weight excluding hydrogens is 200 g/mol. The maximum Gasteiger partial charge on any atom is 0.224 e. The summed E-state index contributed by atoms with van der Waals surface area (Å²) in [6.07, 6.45) is 6.94. The lowest BCUT2D eigenvalue weighted by molar-refractivity contribution is 0.530. The Morgan fingerprint density at radius 3 is 2.62 bits per heavy atom. The molecule has 16 heavy (non-hydrogen) atoms. The minimum atomic E-state index is 0.212. The number of nitrogens with zero attached hydrogens (tertiary/aromatic N) is 2. The van der Waals surface area contributed by atoms with Crippen LogP contribution in [0.25, 0.3) is 0 Å². The van der Waals surface area contributed by atoms with Crippen molar-refractivity contribution in [3.05, 3.63) is 11.8 Å². The molecule has 1 fully saturated rings. The Hall–Kier alpha value is -1.32. The van der Waals surface area contributed by atoms with Gasteiger partial charge in [0.15, 0.2) is 0 Å². The zero-order valence-corrected chi connectivity index (χ0v) is 10.3. The highest BCUT2D eigenvalue weighted by molar-refractivity contribution is 5.48. The fraction of sp³-hybridized carbons (Fsp3) is 0.667. The highest BCUT2D eigenvalue weighted by Gasteiger charge is 2.29. The minimum absolute atomic E-state index is 0.212. The number of hydrogen-bond acceptors (Lipinski definition) is 4. The van der Waals surface area contributed by atoms with Crippen LogP contribution in [0.4, 0.5) is 11.8 Å². The first-order valence-corrected chi connectivity index (χ1v) is 5.92. The summed E-state index contributed by atoms with van der Waals surface area (Å²) in [5.41, 5.74) is 1.32. The Kier molecular flexibility index (Phi) is 2.99. The summed E-state index contributed by atoms with van der Waals surface area (Å²) >= 11 is 0. The highest BCUT2D eigenvalue weighted by Crippen LogP contribution is 2.32. The molecule has 1 aromatic heterocycles. The summed E-state index contributed by atoms with van der Waals surface area (Å²) in [5.74, 6) is 1.64. The van der Waals surface area contributed by atoms with Gasteiger partial charge in [-0.05, 0) is 26.7 Å². The molecule has 2 rings (SSSR count). The maximum atomic E-state index is 4.47. The molecule has 0 aliphatic heterocycles. The number of aromatic nitrogens is 2. The third kappa shape index (κ3) is 2.26. The van der Waals surface area contributed by atoms with Crippen molar-refractivity contribution in [3.63, 3.8) is 0 Å². The molecule has 2 N–H and O–H groups in total. The molecule has 4 heteroatoms. The SMILES string of the molecule is CNc1ncc(C)c(NC2(C)CCCC2)n1. The Balaban J connectivity index is 2.19. The fourth-order valence-corrected chi connectivity index (χ4v) is 2.26. The molecule has 0 unspecified atom stereocenters. The Morgan fingerprint density at radius 2 is 2.00 bits per heavy atom. The van der Waals surface area contributed by atoms with Gasteiger partial charge in [-0.25, -0.2) is 4.98 Å². The van der Waals surface area contributed by atoms with Crippen molar-refractivity contribution < 1.29 is 0 Å². The number of rotatable bonds is 3. The molecule has 0 radical (unpaired) electrons. The van der Waals surface area contributed by atoms with Crippen LogP contribution in [0, 0.1) is 6.92 Å². The van der Waals surface area contributed by atoms with E-state index in [9.17, 15) is 0 Å². The van der Waals surface area contributed by atoms with Gasteiger partial charge in [0, 0.05) is 24.3 Å². The molecule has 1 aliphatic carbocycles. The quantitative estimate of drug-likeness (QED) is 0.822. The average Bonchev–Trinajstić information content (AvgIpc) is 2.68. The molecule has 0 aromatic carbocycles. The van der Waals surface area contributed by atoms with Crippen LogP contribution >= 0.6 is 0 Å². The summed E-state index contributed by atoms with van der Waals surface area (Å²) in [6, 6.07) is 0. The minimum Gasteiger partial charge on any atom is -0.365 e. The van der Waals surface area contributed by atoms with Gasteiger partial charge in [0.05, 0.1) is 0 Å². The summed E-state index contributed by atoms with van der Waals surface area (Å²) in [7, 11) is 1.84. The molecule has 0 atom stereocenters. The van der Waals surface area contributed by atoms with Crippen molar-refractivity contribution in [2.24, 2.45) is 0 Å². The van der Waals surface area contributed by atoms with E-state index in [1.165, 1.54) is 25.7 Å². The van der Waals surface area contributed by atoms with Crippen molar-refractivity contribution >= 4 is 11.8 Å². The van der Waals surface area contributed by atoms with E-state index in [2.05, 4.69) is 27.5 Å². The molecule has 0 spiro atoms. The Morgan fingerprint density at radius 1 is 1.31 bits per heavy atom. The van der Waals surface area contributed by atoms with E-state index >= 15 is 0 Å². The van der Waals surface area contributed by atoms with Crippen LogP contribution in [-0.4, -0.2) is 22.6 Å². The molecular formula is C12H20N4. The smallest absolute Gasteiger partial charge is 0.224 e. The predicted octanol–water partition coefficient (Wildman–Crippen LogP) is 2.57. The zero-order chi connectivity index (χ0) is 11.6. The van der Waals surface area contributed by atoms with Gasteiger partial charge in [0.2, 0.25) is 5.95 Å². The third-order valence-corrected chi connectivity index (χ3v) is 3.32. The van der Waals surface area contributed by atoms with Crippen LogP contribution in [0.1, 0.15) is 38.2 Å². The number of aryl methyl sites for hydroxylation is 1. The van der Waals surface area contributed by atoms with Crippen molar-refractivity contribution in [1.82, 2.24) is 9.97 Å². The van der Waals surface area contributed by atoms with Crippen LogP contribution in [0.5, 0.6) is 0 Å². The highest BCUT2D eigenvalue weighted by atomic mass is 15.1. The molecule has 1 heterocycles. The first-order valence-electron chi connectivity index (χ1n) is 5.92. The van der Waals surface area contributed by atoms with Crippen molar-refractivity contribution in [2.45, 2.75) is 45.1 Å².